The summed E-state index contributed by atoms with van der Waals surface area (Å²) in [4.78, 5) is 12.0. The van der Waals surface area contributed by atoms with Crippen molar-refractivity contribution in [2.75, 3.05) is 40.3 Å². The second-order valence-electron chi connectivity index (χ2n) is 3.25. The first-order chi connectivity index (χ1) is 6.85. The molecule has 0 aromatic heterocycles. The number of hydrogen-bond donors (Lipinski definition) is 1. The van der Waals surface area contributed by atoms with E-state index in [0.29, 0.717) is 13.2 Å². The number of halogens is 3. The summed E-state index contributed by atoms with van der Waals surface area (Å²) in [5, 5.41) is 2.43. The minimum atomic E-state index is -4.87. The molecule has 0 aliphatic carbocycles. The maximum absolute atomic E-state index is 11.9. The number of carbonyl (C=O) groups excluding carboxylic acids is 1. The predicted octanol–water partition coefficient (Wildman–Crippen LogP) is 0.0674. The maximum Gasteiger partial charge on any atom is 0.492 e. The Balaban J connectivity index is 3.67. The van der Waals surface area contributed by atoms with Gasteiger partial charge in [-0.3, -0.25) is 4.79 Å². The van der Waals surface area contributed by atoms with Crippen LogP contribution >= 0.6 is 0 Å². The van der Waals surface area contributed by atoms with Crippen molar-refractivity contribution in [1.29, 1.82) is 0 Å². The number of likely N-dealkylation sites (N-methyl/N-ethyl adjacent to an activating group) is 1. The number of rotatable bonds is 7. The highest BCUT2D eigenvalue weighted by Gasteiger charge is 2.25. The van der Waals surface area contributed by atoms with E-state index in [4.69, 9.17) is 0 Å². The SMILES string of the molecule is COCCNC(=O)CN(C)C[B-](F)(F)F. The fraction of sp³-hybridized carbons (Fsp3) is 0.857. The van der Waals surface area contributed by atoms with Crippen molar-refractivity contribution in [2.45, 2.75) is 0 Å². The molecule has 8 heteroatoms. The first-order valence-corrected chi connectivity index (χ1v) is 4.50. The number of hydrogen-bond acceptors (Lipinski definition) is 3. The third-order valence-electron chi connectivity index (χ3n) is 1.56. The molecule has 0 heterocycles. The molecule has 0 atom stereocenters. The largest absolute Gasteiger partial charge is 0.492 e. The number of nitrogens with zero attached hydrogens (tertiary/aromatic N) is 1. The molecule has 0 radical (unpaired) electrons. The first kappa shape index (κ1) is 14.2. The summed E-state index contributed by atoms with van der Waals surface area (Å²) >= 11 is 0. The molecule has 0 saturated carbocycles. The molecule has 0 aliphatic rings. The van der Waals surface area contributed by atoms with E-state index in [1.54, 1.807) is 0 Å². The van der Waals surface area contributed by atoms with E-state index < -0.39 is 19.3 Å². The second kappa shape index (κ2) is 6.68. The zero-order valence-electron chi connectivity index (χ0n) is 8.80. The molecule has 0 spiro atoms. The summed E-state index contributed by atoms with van der Waals surface area (Å²) in [5.74, 6) is -0.436. The second-order valence-corrected chi connectivity index (χ2v) is 3.25. The van der Waals surface area contributed by atoms with E-state index in [9.17, 15) is 17.7 Å². The van der Waals surface area contributed by atoms with E-state index in [2.05, 4.69) is 10.1 Å². The van der Waals surface area contributed by atoms with Crippen LogP contribution in [0.25, 0.3) is 0 Å². The van der Waals surface area contributed by atoms with Crippen molar-refractivity contribution < 1.29 is 22.5 Å². The normalized spacial score (nSPS) is 11.9. The van der Waals surface area contributed by atoms with E-state index in [1.807, 2.05) is 0 Å². The van der Waals surface area contributed by atoms with Crippen LogP contribution in [-0.2, 0) is 9.53 Å². The first-order valence-electron chi connectivity index (χ1n) is 4.50. The van der Waals surface area contributed by atoms with Crippen molar-refractivity contribution in [2.24, 2.45) is 0 Å². The third-order valence-corrected chi connectivity index (χ3v) is 1.56. The van der Waals surface area contributed by atoms with Gasteiger partial charge >= 0.3 is 6.98 Å². The lowest BCUT2D eigenvalue weighted by Gasteiger charge is -2.22. The fourth-order valence-corrected chi connectivity index (χ4v) is 1.01. The standard InChI is InChI=1S/C7H15BF3N2O2/c1-13(6-8(9,10)11)5-7(14)12-3-4-15-2/h3-6H2,1-2H3,(H,12,14)/q-1. The van der Waals surface area contributed by atoms with Gasteiger partial charge in [-0.25, -0.2) is 0 Å². The van der Waals surface area contributed by atoms with Crippen LogP contribution in [0.4, 0.5) is 12.9 Å². The summed E-state index contributed by atoms with van der Waals surface area (Å²) < 4.78 is 40.5. The molecule has 1 N–H and O–H groups in total. The molecule has 0 bridgehead atoms. The molecule has 0 aromatic rings. The van der Waals surface area contributed by atoms with Crippen LogP contribution in [0.3, 0.4) is 0 Å². The van der Waals surface area contributed by atoms with Gasteiger partial charge in [0.25, 0.3) is 0 Å². The van der Waals surface area contributed by atoms with Gasteiger partial charge in [-0.2, -0.15) is 0 Å². The van der Waals surface area contributed by atoms with E-state index in [-0.39, 0.29) is 6.54 Å². The van der Waals surface area contributed by atoms with Crippen molar-refractivity contribution >= 4 is 12.9 Å². The lowest BCUT2D eigenvalue weighted by Crippen LogP contribution is -2.42. The summed E-state index contributed by atoms with van der Waals surface area (Å²) in [5.41, 5.74) is 0. The Bertz CT molecular complexity index is 201. The van der Waals surface area contributed by atoms with Crippen LogP contribution in [0.1, 0.15) is 0 Å². The zero-order chi connectivity index (χ0) is 11.9. The smallest absolute Gasteiger partial charge is 0.448 e. The van der Waals surface area contributed by atoms with Gasteiger partial charge in [-0.1, -0.05) is 0 Å². The minimum absolute atomic E-state index is 0.259. The maximum atomic E-state index is 11.9. The molecule has 15 heavy (non-hydrogen) atoms. The Morgan fingerprint density at radius 2 is 2.07 bits per heavy atom. The molecule has 90 valence electrons. The number of ether oxygens (including phenoxy) is 1. The van der Waals surface area contributed by atoms with Gasteiger partial charge in [0, 0.05) is 13.7 Å². The number of carbonyl (C=O) groups is 1. The highest BCUT2D eigenvalue weighted by atomic mass is 19.4. The number of amides is 1. The predicted molar refractivity (Wildman–Crippen MR) is 51.5 cm³/mol. The van der Waals surface area contributed by atoms with Crippen LogP contribution in [0.5, 0.6) is 0 Å². The quantitative estimate of drug-likeness (QED) is 0.494. The lowest BCUT2D eigenvalue weighted by atomic mass is 9.91. The average molecular weight is 227 g/mol. The highest BCUT2D eigenvalue weighted by molar-refractivity contribution is 6.58. The topological polar surface area (TPSA) is 41.6 Å². The van der Waals surface area contributed by atoms with Gasteiger partial charge in [0.2, 0.25) is 5.91 Å². The van der Waals surface area contributed by atoms with E-state index in [1.165, 1.54) is 14.2 Å². The Morgan fingerprint density at radius 3 is 2.53 bits per heavy atom. The third kappa shape index (κ3) is 9.55. The Morgan fingerprint density at radius 1 is 1.47 bits per heavy atom. The molecule has 0 aliphatic heterocycles. The van der Waals surface area contributed by atoms with E-state index >= 15 is 0 Å². The summed E-state index contributed by atoms with van der Waals surface area (Å²) in [7, 11) is 2.73. The van der Waals surface area contributed by atoms with Crippen LogP contribution in [0, 0.1) is 0 Å². The Hall–Kier alpha value is -0.755. The molecule has 0 fully saturated rings. The van der Waals surface area contributed by atoms with Gasteiger partial charge in [-0.15, -0.1) is 0 Å². The summed E-state index contributed by atoms with van der Waals surface area (Å²) in [6, 6.07) is 0. The highest BCUT2D eigenvalue weighted by Crippen LogP contribution is 2.08. The lowest BCUT2D eigenvalue weighted by molar-refractivity contribution is -0.122. The zero-order valence-corrected chi connectivity index (χ0v) is 8.80. The molecule has 1 amide bonds. The molecule has 0 saturated heterocycles. The molecular formula is C7H15BF3N2O2-. The van der Waals surface area contributed by atoms with Crippen LogP contribution in [0.15, 0.2) is 0 Å². The van der Waals surface area contributed by atoms with Gasteiger partial charge in [0.1, 0.15) is 0 Å². The summed E-state index contributed by atoms with van der Waals surface area (Å²) in [6.07, 6.45) is -1.03. The molecule has 0 aromatic carbocycles. The minimum Gasteiger partial charge on any atom is -0.448 e. The number of nitrogens with one attached hydrogen (secondary N) is 1. The van der Waals surface area contributed by atoms with Gasteiger partial charge in [0.05, 0.1) is 13.2 Å². The Kier molecular flexibility index (Phi) is 6.34. The molecule has 4 nitrogen and oxygen atoms in total. The van der Waals surface area contributed by atoms with Gasteiger partial charge < -0.3 is 27.9 Å². The van der Waals surface area contributed by atoms with Crippen molar-refractivity contribution in [1.82, 2.24) is 10.2 Å². The molecule has 0 unspecified atom stereocenters. The molecular weight excluding hydrogens is 212 g/mol. The number of methoxy groups -OCH3 is 1. The van der Waals surface area contributed by atoms with Crippen molar-refractivity contribution in [3.63, 3.8) is 0 Å². The van der Waals surface area contributed by atoms with Crippen LogP contribution in [-0.4, -0.2) is 58.1 Å². The Labute approximate surface area is 86.8 Å². The van der Waals surface area contributed by atoms with Crippen molar-refractivity contribution in [3.05, 3.63) is 0 Å². The van der Waals surface area contributed by atoms with Crippen molar-refractivity contribution in [3.8, 4) is 0 Å². The fourth-order valence-electron chi connectivity index (χ4n) is 1.01. The van der Waals surface area contributed by atoms with Gasteiger partial charge in [-0.05, 0) is 13.5 Å². The summed E-state index contributed by atoms with van der Waals surface area (Å²) in [6.45, 7) is -4.48. The molecule has 0 rings (SSSR count). The van der Waals surface area contributed by atoms with Crippen LogP contribution < -0.4 is 5.32 Å². The average Bonchev–Trinajstić information content (AvgIpc) is 2.00. The monoisotopic (exact) mass is 227 g/mol. The van der Waals surface area contributed by atoms with Gasteiger partial charge in [0.15, 0.2) is 0 Å². The van der Waals surface area contributed by atoms with E-state index in [0.717, 1.165) is 4.90 Å². The van der Waals surface area contributed by atoms with Crippen LogP contribution in [0.2, 0.25) is 0 Å².